The summed E-state index contributed by atoms with van der Waals surface area (Å²) in [6, 6.07) is 9.45. The summed E-state index contributed by atoms with van der Waals surface area (Å²) in [6.45, 7) is 2.15. The minimum absolute atomic E-state index is 0.125. The van der Waals surface area contributed by atoms with Gasteiger partial charge in [0.05, 0.1) is 12.8 Å². The SMILES string of the molecule is CCc1cc(-c2cccc(Cl)c2)nn1CC(=O)OC. The maximum Gasteiger partial charge on any atom is 0.327 e. The van der Waals surface area contributed by atoms with E-state index in [4.69, 9.17) is 11.6 Å². The zero-order chi connectivity index (χ0) is 13.8. The van der Waals surface area contributed by atoms with E-state index < -0.39 is 0 Å². The Balaban J connectivity index is 2.35. The van der Waals surface area contributed by atoms with Gasteiger partial charge in [-0.1, -0.05) is 30.7 Å². The molecule has 0 bridgehead atoms. The summed E-state index contributed by atoms with van der Waals surface area (Å²) in [6.07, 6.45) is 0.796. The van der Waals surface area contributed by atoms with Gasteiger partial charge in [0.25, 0.3) is 0 Å². The minimum atomic E-state index is -0.310. The molecule has 0 aliphatic heterocycles. The standard InChI is InChI=1S/C14H15ClN2O2/c1-3-12-8-13(10-5-4-6-11(15)7-10)16-17(12)9-14(18)19-2/h4-8H,3,9H2,1-2H3. The van der Waals surface area contributed by atoms with Crippen molar-refractivity contribution in [1.82, 2.24) is 9.78 Å². The topological polar surface area (TPSA) is 44.1 Å². The number of aryl methyl sites for hydroxylation is 1. The van der Waals surface area contributed by atoms with Crippen molar-refractivity contribution in [2.24, 2.45) is 0 Å². The summed E-state index contributed by atoms with van der Waals surface area (Å²) in [5, 5.41) is 5.10. The van der Waals surface area contributed by atoms with Crippen molar-refractivity contribution in [2.45, 2.75) is 19.9 Å². The molecule has 0 fully saturated rings. The van der Waals surface area contributed by atoms with Crippen LogP contribution in [0.2, 0.25) is 5.02 Å². The van der Waals surface area contributed by atoms with E-state index in [1.807, 2.05) is 37.3 Å². The predicted molar refractivity (Wildman–Crippen MR) is 74.1 cm³/mol. The molecule has 0 aliphatic rings. The van der Waals surface area contributed by atoms with E-state index in [0.717, 1.165) is 23.4 Å². The van der Waals surface area contributed by atoms with Crippen LogP contribution in [0.5, 0.6) is 0 Å². The molecule has 0 amide bonds. The average Bonchev–Trinajstić information content (AvgIpc) is 2.81. The number of halogens is 1. The molecule has 0 saturated carbocycles. The van der Waals surface area contributed by atoms with Crippen LogP contribution < -0.4 is 0 Å². The average molecular weight is 279 g/mol. The molecule has 1 aromatic carbocycles. The van der Waals surface area contributed by atoms with Crippen LogP contribution in [0.3, 0.4) is 0 Å². The normalized spacial score (nSPS) is 10.5. The molecule has 0 unspecified atom stereocenters. The van der Waals surface area contributed by atoms with Crippen molar-refractivity contribution in [3.05, 3.63) is 41.0 Å². The Morgan fingerprint density at radius 2 is 2.21 bits per heavy atom. The Labute approximate surface area is 116 Å². The van der Waals surface area contributed by atoms with Gasteiger partial charge in [0.1, 0.15) is 6.54 Å². The second-order valence-corrected chi connectivity index (χ2v) is 4.56. The van der Waals surface area contributed by atoms with E-state index in [1.54, 1.807) is 4.68 Å². The van der Waals surface area contributed by atoms with Crippen LogP contribution in [0.15, 0.2) is 30.3 Å². The fourth-order valence-corrected chi connectivity index (χ4v) is 2.04. The monoisotopic (exact) mass is 278 g/mol. The van der Waals surface area contributed by atoms with Crippen LogP contribution in [0.25, 0.3) is 11.3 Å². The van der Waals surface area contributed by atoms with E-state index >= 15 is 0 Å². The first kappa shape index (κ1) is 13.6. The molecular weight excluding hydrogens is 264 g/mol. The van der Waals surface area contributed by atoms with Crippen molar-refractivity contribution >= 4 is 17.6 Å². The molecule has 0 atom stereocenters. The molecule has 0 N–H and O–H groups in total. The van der Waals surface area contributed by atoms with Gasteiger partial charge in [0.2, 0.25) is 0 Å². The third kappa shape index (κ3) is 3.15. The van der Waals surface area contributed by atoms with Gasteiger partial charge in [-0.3, -0.25) is 9.48 Å². The first-order valence-electron chi connectivity index (χ1n) is 6.03. The zero-order valence-corrected chi connectivity index (χ0v) is 11.6. The van der Waals surface area contributed by atoms with Crippen molar-refractivity contribution < 1.29 is 9.53 Å². The molecule has 5 heteroatoms. The predicted octanol–water partition coefficient (Wildman–Crippen LogP) is 2.94. The fraction of sp³-hybridized carbons (Fsp3) is 0.286. The molecule has 1 heterocycles. The van der Waals surface area contributed by atoms with Crippen molar-refractivity contribution in [3.8, 4) is 11.3 Å². The Hall–Kier alpha value is -1.81. The highest BCUT2D eigenvalue weighted by Crippen LogP contribution is 2.22. The lowest BCUT2D eigenvalue weighted by atomic mass is 10.1. The van der Waals surface area contributed by atoms with Gasteiger partial charge in [-0.05, 0) is 24.6 Å². The number of ether oxygens (including phenoxy) is 1. The molecular formula is C14H15ClN2O2. The third-order valence-corrected chi connectivity index (χ3v) is 3.09. The molecule has 0 saturated heterocycles. The fourth-order valence-electron chi connectivity index (χ4n) is 1.85. The summed E-state index contributed by atoms with van der Waals surface area (Å²) < 4.78 is 6.34. The second kappa shape index (κ2) is 5.89. The first-order chi connectivity index (χ1) is 9.13. The summed E-state index contributed by atoms with van der Waals surface area (Å²) in [5.41, 5.74) is 2.73. The second-order valence-electron chi connectivity index (χ2n) is 4.12. The molecule has 2 rings (SSSR count). The van der Waals surface area contributed by atoms with Crippen LogP contribution in [0, 0.1) is 0 Å². The van der Waals surface area contributed by atoms with Crippen LogP contribution >= 0.6 is 11.6 Å². The van der Waals surface area contributed by atoms with E-state index in [-0.39, 0.29) is 12.5 Å². The van der Waals surface area contributed by atoms with Gasteiger partial charge in [-0.15, -0.1) is 0 Å². The highest BCUT2D eigenvalue weighted by molar-refractivity contribution is 6.30. The number of aromatic nitrogens is 2. The summed E-state index contributed by atoms with van der Waals surface area (Å²) >= 11 is 5.97. The molecule has 2 aromatic rings. The quantitative estimate of drug-likeness (QED) is 0.808. The van der Waals surface area contributed by atoms with Gasteiger partial charge in [-0.2, -0.15) is 5.10 Å². The van der Waals surface area contributed by atoms with Gasteiger partial charge in [0, 0.05) is 16.3 Å². The lowest BCUT2D eigenvalue weighted by Crippen LogP contribution is -2.14. The molecule has 100 valence electrons. The zero-order valence-electron chi connectivity index (χ0n) is 10.9. The number of rotatable bonds is 4. The van der Waals surface area contributed by atoms with E-state index in [0.29, 0.717) is 5.02 Å². The van der Waals surface area contributed by atoms with Crippen LogP contribution in [0.1, 0.15) is 12.6 Å². The van der Waals surface area contributed by atoms with Gasteiger partial charge < -0.3 is 4.74 Å². The molecule has 4 nitrogen and oxygen atoms in total. The molecule has 19 heavy (non-hydrogen) atoms. The summed E-state index contributed by atoms with van der Waals surface area (Å²) in [4.78, 5) is 11.3. The number of hydrogen-bond donors (Lipinski definition) is 0. The third-order valence-electron chi connectivity index (χ3n) is 2.85. The Kier molecular flexibility index (Phi) is 4.22. The van der Waals surface area contributed by atoms with E-state index in [1.165, 1.54) is 7.11 Å². The molecule has 0 aliphatic carbocycles. The maximum atomic E-state index is 11.3. The first-order valence-corrected chi connectivity index (χ1v) is 6.41. The highest BCUT2D eigenvalue weighted by atomic mass is 35.5. The molecule has 0 radical (unpaired) electrons. The number of benzene rings is 1. The number of esters is 1. The lowest BCUT2D eigenvalue weighted by molar-refractivity contribution is -0.141. The number of methoxy groups -OCH3 is 1. The van der Waals surface area contributed by atoms with Crippen LogP contribution in [0.4, 0.5) is 0 Å². The Morgan fingerprint density at radius 1 is 1.42 bits per heavy atom. The Bertz CT molecular complexity index is 593. The molecule has 0 spiro atoms. The number of carbonyl (C=O) groups excluding carboxylic acids is 1. The number of carbonyl (C=O) groups is 1. The van der Waals surface area contributed by atoms with E-state index in [9.17, 15) is 4.79 Å². The summed E-state index contributed by atoms with van der Waals surface area (Å²) in [5.74, 6) is -0.310. The largest absolute Gasteiger partial charge is 0.468 e. The highest BCUT2D eigenvalue weighted by Gasteiger charge is 2.11. The van der Waals surface area contributed by atoms with Crippen molar-refractivity contribution in [1.29, 1.82) is 0 Å². The smallest absolute Gasteiger partial charge is 0.327 e. The summed E-state index contributed by atoms with van der Waals surface area (Å²) in [7, 11) is 1.37. The van der Waals surface area contributed by atoms with E-state index in [2.05, 4.69) is 9.84 Å². The van der Waals surface area contributed by atoms with Crippen molar-refractivity contribution in [2.75, 3.05) is 7.11 Å². The minimum Gasteiger partial charge on any atom is -0.468 e. The van der Waals surface area contributed by atoms with Gasteiger partial charge in [-0.25, -0.2) is 0 Å². The molecule has 1 aromatic heterocycles. The maximum absolute atomic E-state index is 11.3. The van der Waals surface area contributed by atoms with Crippen molar-refractivity contribution in [3.63, 3.8) is 0 Å². The lowest BCUT2D eigenvalue weighted by Gasteiger charge is -2.03. The van der Waals surface area contributed by atoms with Crippen LogP contribution in [-0.4, -0.2) is 22.9 Å². The number of nitrogens with zero attached hydrogens (tertiary/aromatic N) is 2. The van der Waals surface area contributed by atoms with Gasteiger partial charge in [0.15, 0.2) is 0 Å². The number of hydrogen-bond acceptors (Lipinski definition) is 3. The van der Waals surface area contributed by atoms with Gasteiger partial charge >= 0.3 is 5.97 Å². The Morgan fingerprint density at radius 3 is 2.84 bits per heavy atom. The van der Waals surface area contributed by atoms with Crippen LogP contribution in [-0.2, 0) is 22.5 Å².